The van der Waals surface area contributed by atoms with E-state index in [4.69, 9.17) is 4.74 Å². The van der Waals surface area contributed by atoms with Crippen molar-refractivity contribution in [3.63, 3.8) is 0 Å². The summed E-state index contributed by atoms with van der Waals surface area (Å²) in [5.74, 6) is 0.569. The van der Waals surface area contributed by atoms with Crippen LogP contribution in [0.15, 0.2) is 42.9 Å². The first-order valence-corrected chi connectivity index (χ1v) is 10.0. The SMILES string of the molecule is Cc1cnc(N2C[C@@H](C)O[C@@H](C)C2)cc1NC(=O)c1cccc(-c2cnn(C)c2)n1. The molecule has 8 nitrogen and oxygen atoms in total. The van der Waals surface area contributed by atoms with Crippen molar-refractivity contribution in [2.45, 2.75) is 33.0 Å². The van der Waals surface area contributed by atoms with Gasteiger partial charge in [0.15, 0.2) is 0 Å². The first-order valence-electron chi connectivity index (χ1n) is 10.0. The van der Waals surface area contributed by atoms with Crippen LogP contribution in [0.5, 0.6) is 0 Å². The smallest absolute Gasteiger partial charge is 0.274 e. The summed E-state index contributed by atoms with van der Waals surface area (Å²) in [5, 5.41) is 7.16. The van der Waals surface area contributed by atoms with Crippen LogP contribution >= 0.6 is 0 Å². The van der Waals surface area contributed by atoms with E-state index in [0.29, 0.717) is 11.4 Å². The van der Waals surface area contributed by atoms with Gasteiger partial charge in [0.1, 0.15) is 11.5 Å². The van der Waals surface area contributed by atoms with Gasteiger partial charge in [-0.05, 0) is 38.5 Å². The standard InChI is InChI=1S/C22H26N6O2/c1-14-9-23-21(28-11-15(2)30-16(3)12-28)8-20(14)26-22(29)19-7-5-6-18(25-19)17-10-24-27(4)13-17/h5-10,13,15-16H,11-12H2,1-4H3,(H,23,26,29)/t15-,16+. The van der Waals surface area contributed by atoms with Gasteiger partial charge in [0.25, 0.3) is 5.91 Å². The molecule has 4 heterocycles. The molecule has 0 unspecified atom stereocenters. The minimum Gasteiger partial charge on any atom is -0.372 e. The van der Waals surface area contributed by atoms with E-state index in [0.717, 1.165) is 35.7 Å². The highest BCUT2D eigenvalue weighted by atomic mass is 16.5. The first-order chi connectivity index (χ1) is 14.4. The van der Waals surface area contributed by atoms with Gasteiger partial charge in [-0.3, -0.25) is 9.48 Å². The number of morpholine rings is 1. The molecular formula is C22H26N6O2. The number of carbonyl (C=O) groups is 1. The van der Waals surface area contributed by atoms with Crippen molar-refractivity contribution in [3.05, 3.63) is 54.1 Å². The zero-order valence-electron chi connectivity index (χ0n) is 17.7. The molecule has 30 heavy (non-hydrogen) atoms. The third kappa shape index (κ3) is 4.33. The second kappa shape index (κ2) is 8.23. The largest absolute Gasteiger partial charge is 0.372 e. The topological polar surface area (TPSA) is 85.2 Å². The third-order valence-electron chi connectivity index (χ3n) is 5.06. The zero-order valence-corrected chi connectivity index (χ0v) is 17.7. The van der Waals surface area contributed by atoms with Crippen molar-refractivity contribution >= 4 is 17.4 Å². The predicted molar refractivity (Wildman–Crippen MR) is 116 cm³/mol. The normalized spacial score (nSPS) is 19.0. The van der Waals surface area contributed by atoms with Gasteiger partial charge in [0.2, 0.25) is 0 Å². The highest BCUT2D eigenvalue weighted by Gasteiger charge is 2.24. The lowest BCUT2D eigenvalue weighted by Gasteiger charge is -2.36. The molecule has 1 saturated heterocycles. The van der Waals surface area contributed by atoms with Crippen molar-refractivity contribution in [3.8, 4) is 11.3 Å². The monoisotopic (exact) mass is 406 g/mol. The summed E-state index contributed by atoms with van der Waals surface area (Å²) in [4.78, 5) is 24.2. The fourth-order valence-electron chi connectivity index (χ4n) is 3.65. The van der Waals surface area contributed by atoms with Gasteiger partial charge in [0, 0.05) is 49.8 Å². The summed E-state index contributed by atoms with van der Waals surface area (Å²) in [7, 11) is 1.85. The minimum absolute atomic E-state index is 0.134. The Hall–Kier alpha value is -3.26. The molecule has 3 aromatic rings. The van der Waals surface area contributed by atoms with E-state index in [1.54, 1.807) is 23.1 Å². The summed E-state index contributed by atoms with van der Waals surface area (Å²) >= 11 is 0. The zero-order chi connectivity index (χ0) is 21.3. The maximum atomic E-state index is 12.9. The number of aromatic nitrogens is 4. The van der Waals surface area contributed by atoms with E-state index in [2.05, 4.69) is 39.1 Å². The van der Waals surface area contributed by atoms with Crippen LogP contribution in [-0.2, 0) is 11.8 Å². The fourth-order valence-corrected chi connectivity index (χ4v) is 3.65. The van der Waals surface area contributed by atoms with Crippen molar-refractivity contribution < 1.29 is 9.53 Å². The lowest BCUT2D eigenvalue weighted by Crippen LogP contribution is -2.45. The summed E-state index contributed by atoms with van der Waals surface area (Å²) in [6.07, 6.45) is 5.65. The molecule has 0 aliphatic carbocycles. The molecule has 156 valence electrons. The number of aryl methyl sites for hydroxylation is 2. The van der Waals surface area contributed by atoms with Crippen molar-refractivity contribution in [1.82, 2.24) is 19.7 Å². The molecule has 0 saturated carbocycles. The van der Waals surface area contributed by atoms with Crippen LogP contribution in [0.1, 0.15) is 29.9 Å². The molecule has 8 heteroatoms. The Kier molecular flexibility index (Phi) is 5.50. The van der Waals surface area contributed by atoms with Crippen LogP contribution in [0.4, 0.5) is 11.5 Å². The number of nitrogens with zero attached hydrogens (tertiary/aromatic N) is 5. The van der Waals surface area contributed by atoms with Crippen molar-refractivity contribution in [2.75, 3.05) is 23.3 Å². The van der Waals surface area contributed by atoms with Crippen LogP contribution in [0.3, 0.4) is 0 Å². The molecule has 1 aliphatic heterocycles. The molecule has 0 radical (unpaired) electrons. The number of nitrogens with one attached hydrogen (secondary N) is 1. The molecule has 1 amide bonds. The van der Waals surface area contributed by atoms with Gasteiger partial charge in [-0.15, -0.1) is 0 Å². The van der Waals surface area contributed by atoms with Crippen LogP contribution < -0.4 is 10.2 Å². The Labute approximate surface area is 175 Å². The number of amides is 1. The molecule has 0 bridgehead atoms. The van der Waals surface area contributed by atoms with Crippen LogP contribution in [0.2, 0.25) is 0 Å². The maximum Gasteiger partial charge on any atom is 0.274 e. The van der Waals surface area contributed by atoms with Gasteiger partial charge >= 0.3 is 0 Å². The molecule has 0 aromatic carbocycles. The summed E-state index contributed by atoms with van der Waals surface area (Å²) in [6.45, 7) is 7.57. The first kappa shape index (κ1) is 20.0. The number of carbonyl (C=O) groups excluding carboxylic acids is 1. The van der Waals surface area contributed by atoms with Crippen molar-refractivity contribution in [2.24, 2.45) is 7.05 Å². The number of pyridine rings is 2. The van der Waals surface area contributed by atoms with Gasteiger partial charge in [0.05, 0.1) is 24.1 Å². The minimum atomic E-state index is -0.260. The predicted octanol–water partition coefficient (Wildman–Crippen LogP) is 3.05. The Morgan fingerprint density at radius 2 is 1.97 bits per heavy atom. The number of hydrogen-bond acceptors (Lipinski definition) is 6. The number of rotatable bonds is 4. The molecule has 1 N–H and O–H groups in total. The lowest BCUT2D eigenvalue weighted by atomic mass is 10.2. The van der Waals surface area contributed by atoms with Gasteiger partial charge in [-0.1, -0.05) is 6.07 Å². The lowest BCUT2D eigenvalue weighted by molar-refractivity contribution is -0.00545. The summed E-state index contributed by atoms with van der Waals surface area (Å²) in [5.41, 5.74) is 3.54. The number of hydrogen-bond donors (Lipinski definition) is 1. The van der Waals surface area contributed by atoms with E-state index in [-0.39, 0.29) is 18.1 Å². The Morgan fingerprint density at radius 3 is 2.67 bits per heavy atom. The van der Waals surface area contributed by atoms with Crippen molar-refractivity contribution in [1.29, 1.82) is 0 Å². The number of ether oxygens (including phenoxy) is 1. The fraction of sp³-hybridized carbons (Fsp3) is 0.364. The van der Waals surface area contributed by atoms with Crippen LogP contribution in [-0.4, -0.2) is 51.0 Å². The Balaban J connectivity index is 1.55. The number of anilines is 2. The molecular weight excluding hydrogens is 380 g/mol. The van der Waals surface area contributed by atoms with E-state index >= 15 is 0 Å². The highest BCUT2D eigenvalue weighted by molar-refractivity contribution is 6.03. The molecule has 3 aromatic heterocycles. The molecule has 0 spiro atoms. The average Bonchev–Trinajstić information content (AvgIpc) is 3.15. The maximum absolute atomic E-state index is 12.9. The third-order valence-corrected chi connectivity index (χ3v) is 5.06. The van der Waals surface area contributed by atoms with Gasteiger partial charge < -0.3 is 15.0 Å². The average molecular weight is 406 g/mol. The molecule has 1 fully saturated rings. The van der Waals surface area contributed by atoms with Gasteiger partial charge in [-0.25, -0.2) is 9.97 Å². The van der Waals surface area contributed by atoms with E-state index < -0.39 is 0 Å². The molecule has 4 rings (SSSR count). The van der Waals surface area contributed by atoms with Crippen LogP contribution in [0.25, 0.3) is 11.3 Å². The van der Waals surface area contributed by atoms with E-state index in [1.165, 1.54) is 0 Å². The van der Waals surface area contributed by atoms with Crippen LogP contribution in [0, 0.1) is 6.92 Å². The van der Waals surface area contributed by atoms with E-state index in [1.807, 2.05) is 38.4 Å². The highest BCUT2D eigenvalue weighted by Crippen LogP contribution is 2.24. The second-order valence-electron chi connectivity index (χ2n) is 7.78. The second-order valence-corrected chi connectivity index (χ2v) is 7.78. The van der Waals surface area contributed by atoms with Gasteiger partial charge in [-0.2, -0.15) is 5.10 Å². The Bertz CT molecular complexity index is 1050. The summed E-state index contributed by atoms with van der Waals surface area (Å²) < 4.78 is 7.52. The summed E-state index contributed by atoms with van der Waals surface area (Å²) in [6, 6.07) is 7.32. The Morgan fingerprint density at radius 1 is 1.20 bits per heavy atom. The molecule has 2 atom stereocenters. The van der Waals surface area contributed by atoms with E-state index in [9.17, 15) is 4.79 Å². The quantitative estimate of drug-likeness (QED) is 0.717. The molecule has 1 aliphatic rings.